The summed E-state index contributed by atoms with van der Waals surface area (Å²) in [5.74, 6) is 1.29. The molecule has 1 aromatic carbocycles. The van der Waals surface area contributed by atoms with E-state index in [1.807, 2.05) is 0 Å². The predicted octanol–water partition coefficient (Wildman–Crippen LogP) is 1.01. The highest BCUT2D eigenvalue weighted by atomic mass is 16.5. The summed E-state index contributed by atoms with van der Waals surface area (Å²) >= 11 is 0. The number of carbonyl (C=O) groups is 1. The molecular weight excluding hydrogens is 300 g/mol. The molecule has 0 spiro atoms. The van der Waals surface area contributed by atoms with Gasteiger partial charge in [0.05, 0.1) is 21.3 Å². The summed E-state index contributed by atoms with van der Waals surface area (Å²) in [6, 6.07) is 3.43. The number of carbonyl (C=O) groups excluding carboxylic acids is 1. The third kappa shape index (κ3) is 3.60. The first-order valence-electron chi connectivity index (χ1n) is 6.74. The molecule has 0 aliphatic rings. The molecule has 8 nitrogen and oxygen atoms in total. The number of nitrogens with one attached hydrogen (secondary N) is 1. The largest absolute Gasteiger partial charge is 0.496 e. The van der Waals surface area contributed by atoms with E-state index >= 15 is 0 Å². The Labute approximate surface area is 133 Å². The number of rotatable bonds is 6. The normalized spacial score (nSPS) is 10.0. The van der Waals surface area contributed by atoms with E-state index in [2.05, 4.69) is 15.3 Å². The minimum Gasteiger partial charge on any atom is -0.496 e. The molecule has 1 amide bonds. The van der Waals surface area contributed by atoms with Crippen LogP contribution in [0.4, 0.5) is 5.82 Å². The lowest BCUT2D eigenvalue weighted by Crippen LogP contribution is -2.25. The number of aromatic nitrogens is 2. The molecule has 0 aliphatic heterocycles. The molecule has 2 aromatic rings. The molecule has 1 aromatic heterocycles. The number of amides is 1. The molecule has 8 heteroatoms. The molecule has 0 saturated heterocycles. The van der Waals surface area contributed by atoms with Gasteiger partial charge >= 0.3 is 0 Å². The fourth-order valence-corrected chi connectivity index (χ4v) is 2.01. The highest BCUT2D eigenvalue weighted by Crippen LogP contribution is 2.34. The van der Waals surface area contributed by atoms with Gasteiger partial charge in [0.15, 0.2) is 23.0 Å². The molecule has 2 rings (SSSR count). The highest BCUT2D eigenvalue weighted by molar-refractivity contribution is 5.96. The van der Waals surface area contributed by atoms with Gasteiger partial charge in [0.2, 0.25) is 0 Å². The second-order valence-corrected chi connectivity index (χ2v) is 4.49. The van der Waals surface area contributed by atoms with Crippen molar-refractivity contribution >= 4 is 11.7 Å². The summed E-state index contributed by atoms with van der Waals surface area (Å²) < 4.78 is 15.8. The van der Waals surface area contributed by atoms with Crippen LogP contribution in [0.15, 0.2) is 24.5 Å². The third-order valence-electron chi connectivity index (χ3n) is 3.17. The van der Waals surface area contributed by atoms with E-state index in [0.29, 0.717) is 17.2 Å². The summed E-state index contributed by atoms with van der Waals surface area (Å²) in [4.78, 5) is 19.9. The minimum atomic E-state index is -0.424. The zero-order valence-electron chi connectivity index (χ0n) is 13.1. The maximum absolute atomic E-state index is 12.1. The quantitative estimate of drug-likeness (QED) is 0.818. The minimum absolute atomic E-state index is 0.0734. The van der Waals surface area contributed by atoms with Gasteiger partial charge in [-0.1, -0.05) is 0 Å². The highest BCUT2D eigenvalue weighted by Gasteiger charge is 2.15. The Kier molecular flexibility index (Phi) is 5.19. The average molecular weight is 318 g/mol. The van der Waals surface area contributed by atoms with Crippen LogP contribution >= 0.6 is 0 Å². The maximum Gasteiger partial charge on any atom is 0.273 e. The third-order valence-corrected chi connectivity index (χ3v) is 3.17. The van der Waals surface area contributed by atoms with Crippen LogP contribution in [-0.2, 0) is 6.54 Å². The molecule has 0 unspecified atom stereocenters. The van der Waals surface area contributed by atoms with Crippen LogP contribution in [0.3, 0.4) is 0 Å². The first-order valence-corrected chi connectivity index (χ1v) is 6.74. The van der Waals surface area contributed by atoms with Gasteiger partial charge in [0, 0.05) is 30.6 Å². The Hall–Kier alpha value is -3.03. The number of nitrogen functional groups attached to an aromatic ring is 1. The summed E-state index contributed by atoms with van der Waals surface area (Å²) in [7, 11) is 4.61. The van der Waals surface area contributed by atoms with Crippen LogP contribution in [0.25, 0.3) is 0 Å². The van der Waals surface area contributed by atoms with Gasteiger partial charge in [0.25, 0.3) is 5.91 Å². The van der Waals surface area contributed by atoms with Gasteiger partial charge in [-0.2, -0.15) is 0 Å². The zero-order valence-corrected chi connectivity index (χ0v) is 13.1. The SMILES string of the molecule is COc1cc(OC)c(OC)cc1CNC(=O)c1nccnc1N. The van der Waals surface area contributed by atoms with E-state index < -0.39 is 5.91 Å². The Morgan fingerprint density at radius 2 is 1.65 bits per heavy atom. The lowest BCUT2D eigenvalue weighted by molar-refractivity contribution is 0.0946. The first kappa shape index (κ1) is 16.3. The fraction of sp³-hybridized carbons (Fsp3) is 0.267. The Balaban J connectivity index is 2.20. The number of methoxy groups -OCH3 is 3. The molecule has 23 heavy (non-hydrogen) atoms. The van der Waals surface area contributed by atoms with Gasteiger partial charge < -0.3 is 25.3 Å². The van der Waals surface area contributed by atoms with Gasteiger partial charge in [-0.3, -0.25) is 4.79 Å². The zero-order chi connectivity index (χ0) is 16.8. The first-order chi connectivity index (χ1) is 11.1. The lowest BCUT2D eigenvalue weighted by Gasteiger charge is -2.14. The van der Waals surface area contributed by atoms with Gasteiger partial charge in [-0.15, -0.1) is 0 Å². The van der Waals surface area contributed by atoms with E-state index in [4.69, 9.17) is 19.9 Å². The van der Waals surface area contributed by atoms with Crippen molar-refractivity contribution in [3.63, 3.8) is 0 Å². The van der Waals surface area contributed by atoms with Crippen molar-refractivity contribution in [2.75, 3.05) is 27.1 Å². The van der Waals surface area contributed by atoms with Crippen molar-refractivity contribution < 1.29 is 19.0 Å². The number of anilines is 1. The summed E-state index contributed by atoms with van der Waals surface area (Å²) in [6.45, 7) is 0.207. The van der Waals surface area contributed by atoms with Crippen molar-refractivity contribution in [1.29, 1.82) is 0 Å². The van der Waals surface area contributed by atoms with Crippen molar-refractivity contribution in [3.8, 4) is 17.2 Å². The topological polar surface area (TPSA) is 109 Å². The molecule has 0 fully saturated rings. The number of hydrogen-bond donors (Lipinski definition) is 2. The molecule has 122 valence electrons. The van der Waals surface area contributed by atoms with Crippen molar-refractivity contribution in [1.82, 2.24) is 15.3 Å². The van der Waals surface area contributed by atoms with Crippen LogP contribution in [-0.4, -0.2) is 37.2 Å². The summed E-state index contributed by atoms with van der Waals surface area (Å²) in [6.07, 6.45) is 2.83. The predicted molar refractivity (Wildman–Crippen MR) is 83.7 cm³/mol. The van der Waals surface area contributed by atoms with E-state index in [1.54, 1.807) is 12.1 Å². The molecular formula is C15H18N4O4. The van der Waals surface area contributed by atoms with Crippen LogP contribution in [0.5, 0.6) is 17.2 Å². The van der Waals surface area contributed by atoms with Crippen molar-refractivity contribution in [2.24, 2.45) is 0 Å². The van der Waals surface area contributed by atoms with Gasteiger partial charge in [0.1, 0.15) is 5.75 Å². The molecule has 0 bridgehead atoms. The molecule has 3 N–H and O–H groups in total. The van der Waals surface area contributed by atoms with Crippen LogP contribution < -0.4 is 25.3 Å². The summed E-state index contributed by atoms with van der Waals surface area (Å²) in [5, 5.41) is 2.72. The fourth-order valence-electron chi connectivity index (χ4n) is 2.01. The monoisotopic (exact) mass is 318 g/mol. The molecule has 0 atom stereocenters. The second-order valence-electron chi connectivity index (χ2n) is 4.49. The number of nitrogens with zero attached hydrogens (tertiary/aromatic N) is 2. The Morgan fingerprint density at radius 1 is 1.04 bits per heavy atom. The molecule has 0 radical (unpaired) electrons. The van der Waals surface area contributed by atoms with Gasteiger partial charge in [-0.25, -0.2) is 9.97 Å². The van der Waals surface area contributed by atoms with E-state index in [9.17, 15) is 4.79 Å². The number of nitrogens with two attached hydrogens (primary N) is 1. The smallest absolute Gasteiger partial charge is 0.273 e. The van der Waals surface area contributed by atoms with Gasteiger partial charge in [-0.05, 0) is 6.07 Å². The van der Waals surface area contributed by atoms with E-state index in [1.165, 1.54) is 33.7 Å². The second kappa shape index (κ2) is 7.30. The van der Waals surface area contributed by atoms with Crippen LogP contribution in [0.1, 0.15) is 16.1 Å². The molecule has 0 aliphatic carbocycles. The standard InChI is InChI=1S/C15H18N4O4/c1-21-10-7-12(23-3)11(22-2)6-9(10)8-19-15(20)13-14(16)18-5-4-17-13/h4-7H,8H2,1-3H3,(H2,16,18)(H,19,20). The Morgan fingerprint density at radius 3 is 2.26 bits per heavy atom. The average Bonchev–Trinajstić information content (AvgIpc) is 2.59. The van der Waals surface area contributed by atoms with Crippen LogP contribution in [0, 0.1) is 0 Å². The van der Waals surface area contributed by atoms with Crippen molar-refractivity contribution in [2.45, 2.75) is 6.54 Å². The summed E-state index contributed by atoms with van der Waals surface area (Å²) in [5.41, 5.74) is 6.43. The van der Waals surface area contributed by atoms with E-state index in [0.717, 1.165) is 5.56 Å². The lowest BCUT2D eigenvalue weighted by atomic mass is 10.1. The molecule has 0 saturated carbocycles. The number of benzene rings is 1. The Bertz CT molecular complexity index is 706. The number of ether oxygens (including phenoxy) is 3. The van der Waals surface area contributed by atoms with Crippen LogP contribution in [0.2, 0.25) is 0 Å². The maximum atomic E-state index is 12.1. The van der Waals surface area contributed by atoms with Crippen molar-refractivity contribution in [3.05, 3.63) is 35.8 Å². The van der Waals surface area contributed by atoms with E-state index in [-0.39, 0.29) is 18.1 Å². The number of hydrogen-bond acceptors (Lipinski definition) is 7. The molecule has 1 heterocycles.